The van der Waals surface area contributed by atoms with Crippen molar-refractivity contribution >= 4 is 0 Å². The first-order chi connectivity index (χ1) is 15.3. The van der Waals surface area contributed by atoms with Gasteiger partial charge in [0.25, 0.3) is 0 Å². The monoisotopic (exact) mass is 458 g/mol. The van der Waals surface area contributed by atoms with Gasteiger partial charge in [0, 0.05) is 38.5 Å². The van der Waals surface area contributed by atoms with Crippen molar-refractivity contribution in [2.24, 2.45) is 5.92 Å². The summed E-state index contributed by atoms with van der Waals surface area (Å²) in [6.07, 6.45) is -1.70. The average molecular weight is 459 g/mol. The Hall–Kier alpha value is -1.26. The predicted molar refractivity (Wildman–Crippen MR) is 114 cm³/mol. The van der Waals surface area contributed by atoms with Crippen LogP contribution in [-0.4, -0.2) is 55.9 Å². The first kappa shape index (κ1) is 23.9. The molecule has 3 fully saturated rings. The molecule has 0 aromatic heterocycles. The maximum absolute atomic E-state index is 15.6. The number of hydrogen-bond acceptors (Lipinski definition) is 5. The second kappa shape index (κ2) is 10.3. The summed E-state index contributed by atoms with van der Waals surface area (Å²) in [5, 5.41) is 9.86. The minimum Gasteiger partial charge on any atom is -0.381 e. The highest BCUT2D eigenvalue weighted by Crippen LogP contribution is 2.37. The van der Waals surface area contributed by atoms with E-state index in [4.69, 9.17) is 4.74 Å². The highest BCUT2D eigenvalue weighted by molar-refractivity contribution is 5.27. The molecule has 3 aliphatic rings. The molecule has 0 radical (unpaired) electrons. The van der Waals surface area contributed by atoms with Gasteiger partial charge in [0.15, 0.2) is 6.17 Å². The summed E-state index contributed by atoms with van der Waals surface area (Å²) in [6, 6.07) is 5.40. The van der Waals surface area contributed by atoms with Crippen LogP contribution >= 0.6 is 0 Å². The number of nitrogens with zero attached hydrogens (tertiary/aromatic N) is 1. The molecule has 0 amide bonds. The topological polar surface area (TPSA) is 48.6 Å². The largest absolute Gasteiger partial charge is 0.416 e. The quantitative estimate of drug-likeness (QED) is 0.567. The van der Waals surface area contributed by atoms with Gasteiger partial charge in [-0.05, 0) is 62.6 Å². The summed E-state index contributed by atoms with van der Waals surface area (Å²) in [4.78, 5) is 2.08. The molecule has 0 saturated carbocycles. The molecule has 0 aliphatic carbocycles. The molecule has 180 valence electrons. The summed E-state index contributed by atoms with van der Waals surface area (Å²) >= 11 is 0. The van der Waals surface area contributed by atoms with Crippen LogP contribution in [0.5, 0.6) is 0 Å². The van der Waals surface area contributed by atoms with Crippen LogP contribution in [0, 0.1) is 5.92 Å². The Morgan fingerprint density at radius 3 is 2.53 bits per heavy atom. The van der Waals surface area contributed by atoms with E-state index in [9.17, 15) is 13.2 Å². The molecule has 1 aromatic rings. The minimum absolute atomic E-state index is 0.0913. The van der Waals surface area contributed by atoms with E-state index < -0.39 is 30.2 Å². The van der Waals surface area contributed by atoms with Crippen molar-refractivity contribution in [2.75, 3.05) is 26.4 Å². The van der Waals surface area contributed by atoms with Gasteiger partial charge >= 0.3 is 6.18 Å². The molecule has 3 N–H and O–H groups in total. The fourth-order valence-electron chi connectivity index (χ4n) is 5.36. The Labute approximate surface area is 187 Å². The normalized spacial score (nSPS) is 31.7. The number of alkyl halides is 4. The maximum atomic E-state index is 15.6. The molecule has 0 spiro atoms. The van der Waals surface area contributed by atoms with Gasteiger partial charge in [0.1, 0.15) is 0 Å². The SMILES string of the molecule is CC(CC1CCOCC1)NC1NCNC(N2CCCC2c2ccc(C(F)(F)F)cc2)C1F. The highest BCUT2D eigenvalue weighted by Gasteiger charge is 2.42. The van der Waals surface area contributed by atoms with E-state index in [-0.39, 0.29) is 12.1 Å². The molecule has 3 saturated heterocycles. The van der Waals surface area contributed by atoms with Crippen molar-refractivity contribution in [3.05, 3.63) is 35.4 Å². The first-order valence-electron chi connectivity index (χ1n) is 11.7. The third kappa shape index (κ3) is 5.62. The van der Waals surface area contributed by atoms with Crippen molar-refractivity contribution in [3.8, 4) is 0 Å². The Bertz CT molecular complexity index is 726. The average Bonchev–Trinajstić information content (AvgIpc) is 3.25. The van der Waals surface area contributed by atoms with Crippen LogP contribution in [0.15, 0.2) is 24.3 Å². The minimum atomic E-state index is -4.35. The molecule has 3 heterocycles. The smallest absolute Gasteiger partial charge is 0.381 e. The van der Waals surface area contributed by atoms with Crippen molar-refractivity contribution in [1.29, 1.82) is 0 Å². The second-order valence-corrected chi connectivity index (χ2v) is 9.33. The lowest BCUT2D eigenvalue weighted by Crippen LogP contribution is -2.69. The number of ether oxygens (including phenoxy) is 1. The van der Waals surface area contributed by atoms with Gasteiger partial charge in [-0.1, -0.05) is 12.1 Å². The van der Waals surface area contributed by atoms with Crippen LogP contribution in [-0.2, 0) is 10.9 Å². The molecule has 4 rings (SSSR count). The van der Waals surface area contributed by atoms with Gasteiger partial charge in [-0.25, -0.2) is 4.39 Å². The van der Waals surface area contributed by atoms with Gasteiger partial charge in [-0.15, -0.1) is 0 Å². The summed E-state index contributed by atoms with van der Waals surface area (Å²) in [7, 11) is 0. The molecule has 5 atom stereocenters. The summed E-state index contributed by atoms with van der Waals surface area (Å²) in [6.45, 7) is 4.90. The summed E-state index contributed by atoms with van der Waals surface area (Å²) in [5.74, 6) is 0.601. The Morgan fingerprint density at radius 1 is 1.12 bits per heavy atom. The lowest BCUT2D eigenvalue weighted by atomic mass is 9.93. The molecule has 3 aliphatic heterocycles. The molecule has 0 bridgehead atoms. The lowest BCUT2D eigenvalue weighted by Gasteiger charge is -2.43. The fourth-order valence-corrected chi connectivity index (χ4v) is 5.36. The number of halogens is 4. The van der Waals surface area contributed by atoms with Gasteiger partial charge in [-0.3, -0.25) is 20.9 Å². The van der Waals surface area contributed by atoms with Crippen LogP contribution in [0.2, 0.25) is 0 Å². The van der Waals surface area contributed by atoms with E-state index in [0.717, 1.165) is 63.0 Å². The van der Waals surface area contributed by atoms with Crippen LogP contribution in [0.3, 0.4) is 0 Å². The Kier molecular flexibility index (Phi) is 7.72. The number of benzene rings is 1. The lowest BCUT2D eigenvalue weighted by molar-refractivity contribution is -0.137. The Balaban J connectivity index is 1.38. The van der Waals surface area contributed by atoms with Gasteiger partial charge in [0.2, 0.25) is 0 Å². The van der Waals surface area contributed by atoms with Crippen molar-refractivity contribution in [1.82, 2.24) is 20.9 Å². The zero-order valence-corrected chi connectivity index (χ0v) is 18.5. The Morgan fingerprint density at radius 2 is 1.84 bits per heavy atom. The van der Waals surface area contributed by atoms with E-state index in [0.29, 0.717) is 19.1 Å². The number of hydrogen-bond donors (Lipinski definition) is 3. The first-order valence-corrected chi connectivity index (χ1v) is 11.7. The summed E-state index contributed by atoms with van der Waals surface area (Å²) in [5.41, 5.74) is 0.150. The van der Waals surface area contributed by atoms with Crippen LogP contribution in [0.25, 0.3) is 0 Å². The molecular weight excluding hydrogens is 424 g/mol. The molecule has 5 unspecified atom stereocenters. The standard InChI is InChI=1S/C23H34F4N4O/c1-15(13-16-8-11-32-12-9-16)30-21-20(24)22(29-14-28-21)31-10-2-3-19(31)17-4-6-18(7-5-17)23(25,26)27/h4-7,15-16,19-22,28-30H,2-3,8-14H2,1H3. The van der Waals surface area contributed by atoms with Gasteiger partial charge < -0.3 is 4.74 Å². The fraction of sp³-hybridized carbons (Fsp3) is 0.739. The third-order valence-electron chi connectivity index (χ3n) is 7.02. The second-order valence-electron chi connectivity index (χ2n) is 9.33. The van der Waals surface area contributed by atoms with E-state index in [1.807, 2.05) is 0 Å². The molecule has 1 aromatic carbocycles. The molecule has 9 heteroatoms. The van der Waals surface area contributed by atoms with Crippen LogP contribution in [0.4, 0.5) is 17.6 Å². The van der Waals surface area contributed by atoms with E-state index in [1.165, 1.54) is 12.1 Å². The van der Waals surface area contributed by atoms with Crippen LogP contribution in [0.1, 0.15) is 56.2 Å². The zero-order valence-electron chi connectivity index (χ0n) is 18.5. The van der Waals surface area contributed by atoms with E-state index in [1.54, 1.807) is 0 Å². The maximum Gasteiger partial charge on any atom is 0.416 e. The number of likely N-dealkylation sites (tertiary alicyclic amines) is 1. The predicted octanol–water partition coefficient (Wildman–Crippen LogP) is 3.78. The van der Waals surface area contributed by atoms with E-state index in [2.05, 4.69) is 27.8 Å². The highest BCUT2D eigenvalue weighted by atomic mass is 19.4. The van der Waals surface area contributed by atoms with Crippen molar-refractivity contribution in [2.45, 2.75) is 75.8 Å². The summed E-state index contributed by atoms with van der Waals surface area (Å²) < 4.78 is 59.8. The molecular formula is C23H34F4N4O. The van der Waals surface area contributed by atoms with Gasteiger partial charge in [-0.2, -0.15) is 13.2 Å². The zero-order chi connectivity index (χ0) is 22.7. The van der Waals surface area contributed by atoms with Crippen molar-refractivity contribution in [3.63, 3.8) is 0 Å². The van der Waals surface area contributed by atoms with E-state index >= 15 is 4.39 Å². The number of rotatable bonds is 6. The number of nitrogens with one attached hydrogen (secondary N) is 3. The molecule has 5 nitrogen and oxygen atoms in total. The molecule has 32 heavy (non-hydrogen) atoms. The van der Waals surface area contributed by atoms with Gasteiger partial charge in [0.05, 0.1) is 17.9 Å². The third-order valence-corrected chi connectivity index (χ3v) is 7.02. The van der Waals surface area contributed by atoms with Crippen molar-refractivity contribution < 1.29 is 22.3 Å². The van der Waals surface area contributed by atoms with Crippen LogP contribution < -0.4 is 16.0 Å².